The summed E-state index contributed by atoms with van der Waals surface area (Å²) in [6.45, 7) is 6.22. The van der Waals surface area contributed by atoms with E-state index in [0.29, 0.717) is 6.61 Å². The van der Waals surface area contributed by atoms with E-state index in [9.17, 15) is 4.79 Å². The molecule has 1 aromatic carbocycles. The summed E-state index contributed by atoms with van der Waals surface area (Å²) >= 11 is 3.55. The van der Waals surface area contributed by atoms with Crippen molar-refractivity contribution in [2.24, 2.45) is 5.41 Å². The Hall–Kier alpha value is -0.910. The van der Waals surface area contributed by atoms with Crippen LogP contribution in [0.5, 0.6) is 0 Å². The van der Waals surface area contributed by atoms with Crippen LogP contribution in [-0.2, 0) is 9.53 Å². The number of aryl methyl sites for hydroxylation is 2. The lowest BCUT2D eigenvalue weighted by Crippen LogP contribution is -2.47. The topological polar surface area (TPSA) is 50.4 Å². The van der Waals surface area contributed by atoms with Crippen molar-refractivity contribution in [2.75, 3.05) is 32.1 Å². The van der Waals surface area contributed by atoms with Gasteiger partial charge in [-0.2, -0.15) is 0 Å². The van der Waals surface area contributed by atoms with Gasteiger partial charge in [-0.25, -0.2) is 0 Å². The van der Waals surface area contributed by atoms with Gasteiger partial charge in [-0.1, -0.05) is 6.07 Å². The fourth-order valence-corrected chi connectivity index (χ4v) is 3.71. The lowest BCUT2D eigenvalue weighted by Gasteiger charge is -2.35. The Morgan fingerprint density at radius 1 is 1.38 bits per heavy atom. The minimum atomic E-state index is -0.434. The number of methoxy groups -OCH3 is 1. The average Bonchev–Trinajstić information content (AvgIpc) is 2.44. The number of piperidine rings is 1. The third-order valence-corrected chi connectivity index (χ3v) is 4.76. The van der Waals surface area contributed by atoms with Crippen molar-refractivity contribution >= 4 is 27.5 Å². The number of hydrogen-bond donors (Lipinski definition) is 2. The maximum absolute atomic E-state index is 12.8. The third kappa shape index (κ3) is 3.65. The second-order valence-corrected chi connectivity index (χ2v) is 6.71. The monoisotopic (exact) mass is 354 g/mol. The zero-order valence-corrected chi connectivity index (χ0v) is 14.5. The van der Waals surface area contributed by atoms with Crippen LogP contribution >= 0.6 is 15.9 Å². The zero-order valence-electron chi connectivity index (χ0n) is 12.9. The fraction of sp³-hybridized carbons (Fsp3) is 0.562. The first-order valence-corrected chi connectivity index (χ1v) is 8.06. The van der Waals surface area contributed by atoms with Gasteiger partial charge in [-0.3, -0.25) is 4.79 Å². The number of amides is 1. The average molecular weight is 355 g/mol. The minimum Gasteiger partial charge on any atom is -0.384 e. The maximum Gasteiger partial charge on any atom is 0.233 e. The van der Waals surface area contributed by atoms with Crippen LogP contribution in [0.1, 0.15) is 24.0 Å². The Morgan fingerprint density at radius 3 is 2.62 bits per heavy atom. The highest BCUT2D eigenvalue weighted by Crippen LogP contribution is 2.34. The molecule has 5 heteroatoms. The second kappa shape index (κ2) is 6.90. The van der Waals surface area contributed by atoms with E-state index in [2.05, 4.69) is 32.6 Å². The molecule has 0 spiro atoms. The molecular weight excluding hydrogens is 332 g/mol. The highest BCUT2D eigenvalue weighted by Gasteiger charge is 2.40. The Morgan fingerprint density at radius 2 is 2.05 bits per heavy atom. The molecule has 0 radical (unpaired) electrons. The standard InChI is InChI=1S/C16H23BrN2O2/c1-11-8-12(2)14(13(17)9-11)19-15(20)16(10-21-3)4-6-18-7-5-16/h8-9,18H,4-7,10H2,1-3H3,(H,19,20). The van der Waals surface area contributed by atoms with E-state index in [0.717, 1.165) is 41.7 Å². The van der Waals surface area contributed by atoms with Crippen molar-refractivity contribution in [2.45, 2.75) is 26.7 Å². The van der Waals surface area contributed by atoms with E-state index in [1.165, 1.54) is 5.56 Å². The summed E-state index contributed by atoms with van der Waals surface area (Å²) in [7, 11) is 1.66. The molecule has 0 saturated carbocycles. The molecule has 0 atom stereocenters. The SMILES string of the molecule is COCC1(C(=O)Nc2c(C)cc(C)cc2Br)CCNCC1. The molecule has 0 bridgehead atoms. The molecule has 0 unspecified atom stereocenters. The van der Waals surface area contributed by atoms with E-state index >= 15 is 0 Å². The van der Waals surface area contributed by atoms with Gasteiger partial charge >= 0.3 is 0 Å². The van der Waals surface area contributed by atoms with Gasteiger partial charge in [-0.05, 0) is 72.9 Å². The molecule has 1 saturated heterocycles. The molecule has 1 amide bonds. The molecule has 2 rings (SSSR count). The van der Waals surface area contributed by atoms with Crippen molar-refractivity contribution in [1.29, 1.82) is 0 Å². The number of ether oxygens (including phenoxy) is 1. The lowest BCUT2D eigenvalue weighted by atomic mass is 9.78. The highest BCUT2D eigenvalue weighted by molar-refractivity contribution is 9.10. The number of nitrogens with one attached hydrogen (secondary N) is 2. The van der Waals surface area contributed by atoms with Crippen molar-refractivity contribution in [3.63, 3.8) is 0 Å². The summed E-state index contributed by atoms with van der Waals surface area (Å²) in [5, 5.41) is 6.41. The number of carbonyl (C=O) groups is 1. The van der Waals surface area contributed by atoms with Crippen molar-refractivity contribution in [3.05, 3.63) is 27.7 Å². The van der Waals surface area contributed by atoms with Gasteiger partial charge in [-0.15, -0.1) is 0 Å². The molecule has 0 aliphatic carbocycles. The molecule has 4 nitrogen and oxygen atoms in total. The van der Waals surface area contributed by atoms with E-state index in [1.54, 1.807) is 7.11 Å². The molecule has 1 aromatic rings. The molecular formula is C16H23BrN2O2. The van der Waals surface area contributed by atoms with Crippen molar-refractivity contribution in [1.82, 2.24) is 5.32 Å². The van der Waals surface area contributed by atoms with Crippen LogP contribution in [0.2, 0.25) is 0 Å². The summed E-state index contributed by atoms with van der Waals surface area (Å²) in [4.78, 5) is 12.8. The lowest BCUT2D eigenvalue weighted by molar-refractivity contribution is -0.130. The first-order valence-electron chi connectivity index (χ1n) is 7.26. The largest absolute Gasteiger partial charge is 0.384 e. The quantitative estimate of drug-likeness (QED) is 0.873. The first-order chi connectivity index (χ1) is 9.98. The van der Waals surface area contributed by atoms with Crippen LogP contribution in [-0.4, -0.2) is 32.7 Å². The molecule has 21 heavy (non-hydrogen) atoms. The summed E-state index contributed by atoms with van der Waals surface area (Å²) in [5.74, 6) is 0.0542. The zero-order chi connectivity index (χ0) is 15.5. The Kier molecular flexibility index (Phi) is 5.41. The third-order valence-electron chi connectivity index (χ3n) is 4.13. The van der Waals surface area contributed by atoms with Gasteiger partial charge in [0.15, 0.2) is 0 Å². The summed E-state index contributed by atoms with van der Waals surface area (Å²) in [6.07, 6.45) is 1.60. The number of hydrogen-bond acceptors (Lipinski definition) is 3. The van der Waals surface area contributed by atoms with Gasteiger partial charge in [0.1, 0.15) is 0 Å². The molecule has 2 N–H and O–H groups in total. The van der Waals surface area contributed by atoms with E-state index in [1.807, 2.05) is 19.9 Å². The number of rotatable bonds is 4. The van der Waals surface area contributed by atoms with Crippen LogP contribution in [0.4, 0.5) is 5.69 Å². The van der Waals surface area contributed by atoms with Crippen LogP contribution in [0.15, 0.2) is 16.6 Å². The summed E-state index contributed by atoms with van der Waals surface area (Å²) in [6, 6.07) is 4.10. The van der Waals surface area contributed by atoms with E-state index in [4.69, 9.17) is 4.74 Å². The van der Waals surface area contributed by atoms with Crippen molar-refractivity contribution in [3.8, 4) is 0 Å². The van der Waals surface area contributed by atoms with Gasteiger partial charge in [0.25, 0.3) is 0 Å². The Balaban J connectivity index is 2.23. The molecule has 1 fully saturated rings. The van der Waals surface area contributed by atoms with E-state index < -0.39 is 5.41 Å². The molecule has 1 heterocycles. The van der Waals surface area contributed by atoms with Gasteiger partial charge < -0.3 is 15.4 Å². The second-order valence-electron chi connectivity index (χ2n) is 5.86. The van der Waals surface area contributed by atoms with Crippen molar-refractivity contribution < 1.29 is 9.53 Å². The van der Waals surface area contributed by atoms with Crippen LogP contribution in [0.25, 0.3) is 0 Å². The predicted octanol–water partition coefficient (Wildman–Crippen LogP) is 3.02. The summed E-state index contributed by atoms with van der Waals surface area (Å²) in [5.41, 5.74) is 2.67. The molecule has 0 aromatic heterocycles. The molecule has 1 aliphatic rings. The Labute approximate surface area is 134 Å². The first kappa shape index (κ1) is 16.5. The number of benzene rings is 1. The highest BCUT2D eigenvalue weighted by atomic mass is 79.9. The van der Waals surface area contributed by atoms with Gasteiger partial charge in [0.05, 0.1) is 17.7 Å². The molecule has 1 aliphatic heterocycles. The fourth-order valence-electron chi connectivity index (χ4n) is 2.94. The molecule has 116 valence electrons. The van der Waals surface area contributed by atoms with E-state index in [-0.39, 0.29) is 5.91 Å². The normalized spacial score (nSPS) is 17.5. The van der Waals surface area contributed by atoms with Crippen LogP contribution in [0.3, 0.4) is 0 Å². The number of anilines is 1. The summed E-state index contributed by atoms with van der Waals surface area (Å²) < 4.78 is 6.25. The smallest absolute Gasteiger partial charge is 0.233 e. The number of carbonyl (C=O) groups excluding carboxylic acids is 1. The van der Waals surface area contributed by atoms with Crippen LogP contribution in [0, 0.1) is 19.3 Å². The number of halogens is 1. The van der Waals surface area contributed by atoms with Gasteiger partial charge in [0.2, 0.25) is 5.91 Å². The minimum absolute atomic E-state index is 0.0542. The maximum atomic E-state index is 12.8. The van der Waals surface area contributed by atoms with Gasteiger partial charge in [0, 0.05) is 11.6 Å². The Bertz CT molecular complexity index is 496. The van der Waals surface area contributed by atoms with Crippen LogP contribution < -0.4 is 10.6 Å². The predicted molar refractivity (Wildman–Crippen MR) is 88.7 cm³/mol.